The number of benzene rings is 2. The second-order valence-electron chi connectivity index (χ2n) is 6.44. The Balaban J connectivity index is 1.56. The van der Waals surface area contributed by atoms with Crippen LogP contribution in [0.15, 0.2) is 53.1 Å². The number of aromatic nitrogens is 1. The largest absolute Gasteiger partial charge is 0.441 e. The van der Waals surface area contributed by atoms with Gasteiger partial charge >= 0.3 is 0 Å². The summed E-state index contributed by atoms with van der Waals surface area (Å²) in [5, 5.41) is 2.93. The molecule has 140 valence electrons. The van der Waals surface area contributed by atoms with E-state index in [9.17, 15) is 13.6 Å². The molecule has 0 saturated carbocycles. The van der Waals surface area contributed by atoms with Crippen molar-refractivity contribution in [2.75, 3.05) is 0 Å². The fraction of sp³-hybridized carbons (Fsp3) is 0.238. The highest BCUT2D eigenvalue weighted by molar-refractivity contribution is 5.76. The number of hydrogen-bond donors (Lipinski definition) is 1. The zero-order valence-electron chi connectivity index (χ0n) is 15.1. The first-order valence-corrected chi connectivity index (χ1v) is 8.68. The molecule has 6 heteroatoms. The second-order valence-corrected chi connectivity index (χ2v) is 6.44. The third kappa shape index (κ3) is 4.78. The topological polar surface area (TPSA) is 55.1 Å². The fourth-order valence-electron chi connectivity index (χ4n) is 2.71. The minimum atomic E-state index is -0.720. The lowest BCUT2D eigenvalue weighted by Crippen LogP contribution is -2.26. The molecule has 3 aromatic rings. The maximum Gasteiger partial charge on any atom is 0.220 e. The van der Waals surface area contributed by atoms with E-state index in [1.165, 1.54) is 12.3 Å². The van der Waals surface area contributed by atoms with Gasteiger partial charge in [-0.3, -0.25) is 4.79 Å². The number of rotatable bonds is 6. The quantitative estimate of drug-likeness (QED) is 0.682. The van der Waals surface area contributed by atoms with Crippen LogP contribution in [0.3, 0.4) is 0 Å². The van der Waals surface area contributed by atoms with Crippen LogP contribution in [0, 0.1) is 18.6 Å². The number of amides is 1. The normalized spacial score (nSPS) is 12.0. The van der Waals surface area contributed by atoms with Gasteiger partial charge in [0.25, 0.3) is 0 Å². The molecule has 0 spiro atoms. The molecular formula is C21H20F2N2O2. The standard InChI is InChI=1S/C21H20F2N2O2/c1-13-3-5-15(6-4-13)14(2)25-20(26)9-10-21-24-12-19(27-21)17-8-7-16(22)11-18(17)23/h3-8,11-12,14H,9-10H2,1-2H3,(H,25,26). The van der Waals surface area contributed by atoms with Gasteiger partial charge in [-0.05, 0) is 31.5 Å². The molecule has 0 saturated heterocycles. The van der Waals surface area contributed by atoms with Gasteiger partial charge in [0.05, 0.1) is 17.8 Å². The van der Waals surface area contributed by atoms with Crippen LogP contribution in [-0.4, -0.2) is 10.9 Å². The summed E-state index contributed by atoms with van der Waals surface area (Å²) in [6.45, 7) is 3.93. The smallest absolute Gasteiger partial charge is 0.220 e. The van der Waals surface area contributed by atoms with Crippen LogP contribution in [0.25, 0.3) is 11.3 Å². The third-order valence-electron chi connectivity index (χ3n) is 4.27. The molecule has 4 nitrogen and oxygen atoms in total. The predicted molar refractivity (Wildman–Crippen MR) is 97.9 cm³/mol. The van der Waals surface area contributed by atoms with E-state index in [4.69, 9.17) is 4.42 Å². The van der Waals surface area contributed by atoms with Gasteiger partial charge in [0.15, 0.2) is 11.7 Å². The van der Waals surface area contributed by atoms with Crippen LogP contribution in [0.1, 0.15) is 36.4 Å². The van der Waals surface area contributed by atoms with Crippen molar-refractivity contribution in [3.63, 3.8) is 0 Å². The fourth-order valence-corrected chi connectivity index (χ4v) is 2.71. The Morgan fingerprint density at radius 2 is 1.93 bits per heavy atom. The first-order valence-electron chi connectivity index (χ1n) is 8.68. The van der Waals surface area contributed by atoms with Crippen molar-refractivity contribution in [1.82, 2.24) is 10.3 Å². The summed E-state index contributed by atoms with van der Waals surface area (Å²) in [6.07, 6.45) is 1.86. The van der Waals surface area contributed by atoms with Crippen molar-refractivity contribution in [2.45, 2.75) is 32.7 Å². The number of hydrogen-bond acceptors (Lipinski definition) is 3. The predicted octanol–water partition coefficient (Wildman–Crippen LogP) is 4.74. The summed E-state index contributed by atoms with van der Waals surface area (Å²) in [7, 11) is 0. The van der Waals surface area contributed by atoms with E-state index in [2.05, 4.69) is 10.3 Å². The van der Waals surface area contributed by atoms with Gasteiger partial charge in [-0.25, -0.2) is 13.8 Å². The molecule has 0 fully saturated rings. The van der Waals surface area contributed by atoms with E-state index in [0.717, 1.165) is 23.3 Å². The monoisotopic (exact) mass is 370 g/mol. The molecule has 1 heterocycles. The van der Waals surface area contributed by atoms with Gasteiger partial charge in [0.2, 0.25) is 5.91 Å². The average Bonchev–Trinajstić information content (AvgIpc) is 3.09. The van der Waals surface area contributed by atoms with Crippen LogP contribution in [0.4, 0.5) is 8.78 Å². The Labute approximate surface area is 156 Å². The van der Waals surface area contributed by atoms with E-state index < -0.39 is 11.6 Å². The SMILES string of the molecule is Cc1ccc(C(C)NC(=O)CCc2ncc(-c3ccc(F)cc3F)o2)cc1. The highest BCUT2D eigenvalue weighted by Crippen LogP contribution is 2.24. The van der Waals surface area contributed by atoms with Crippen LogP contribution in [0.2, 0.25) is 0 Å². The van der Waals surface area contributed by atoms with Crippen molar-refractivity contribution in [3.05, 3.63) is 77.3 Å². The second kappa shape index (κ2) is 8.12. The molecule has 1 unspecified atom stereocenters. The lowest BCUT2D eigenvalue weighted by atomic mass is 10.1. The van der Waals surface area contributed by atoms with Gasteiger partial charge in [-0.1, -0.05) is 29.8 Å². The Morgan fingerprint density at radius 3 is 2.63 bits per heavy atom. The Morgan fingerprint density at radius 1 is 1.19 bits per heavy atom. The van der Waals surface area contributed by atoms with E-state index in [0.29, 0.717) is 5.89 Å². The Hall–Kier alpha value is -3.02. The van der Waals surface area contributed by atoms with E-state index >= 15 is 0 Å². The summed E-state index contributed by atoms with van der Waals surface area (Å²) < 4.78 is 32.3. The van der Waals surface area contributed by atoms with Crippen LogP contribution in [-0.2, 0) is 11.2 Å². The molecule has 0 aliphatic heterocycles. The zero-order chi connectivity index (χ0) is 19.4. The maximum absolute atomic E-state index is 13.8. The van der Waals surface area contributed by atoms with Crippen molar-refractivity contribution in [1.29, 1.82) is 0 Å². The molecule has 0 aliphatic rings. The summed E-state index contributed by atoms with van der Waals surface area (Å²) in [5.41, 5.74) is 2.32. The van der Waals surface area contributed by atoms with E-state index in [1.807, 2.05) is 38.1 Å². The molecule has 2 aromatic carbocycles. The van der Waals surface area contributed by atoms with Gasteiger partial charge in [0.1, 0.15) is 11.6 Å². The number of carbonyl (C=O) groups is 1. The number of halogens is 2. The lowest BCUT2D eigenvalue weighted by molar-refractivity contribution is -0.121. The Kier molecular flexibility index (Phi) is 5.64. The number of carbonyl (C=O) groups excluding carboxylic acids is 1. The number of nitrogens with zero attached hydrogens (tertiary/aromatic N) is 1. The highest BCUT2D eigenvalue weighted by atomic mass is 19.1. The number of oxazole rings is 1. The summed E-state index contributed by atoms with van der Waals surface area (Å²) in [4.78, 5) is 16.2. The third-order valence-corrected chi connectivity index (χ3v) is 4.27. The van der Waals surface area contributed by atoms with Gasteiger partial charge in [-0.15, -0.1) is 0 Å². The molecule has 1 aromatic heterocycles. The van der Waals surface area contributed by atoms with Crippen LogP contribution < -0.4 is 5.32 Å². The lowest BCUT2D eigenvalue weighted by Gasteiger charge is -2.14. The van der Waals surface area contributed by atoms with Crippen molar-refractivity contribution < 1.29 is 18.0 Å². The molecule has 27 heavy (non-hydrogen) atoms. The van der Waals surface area contributed by atoms with Crippen molar-refractivity contribution in [2.24, 2.45) is 0 Å². The average molecular weight is 370 g/mol. The van der Waals surface area contributed by atoms with Crippen LogP contribution >= 0.6 is 0 Å². The zero-order valence-corrected chi connectivity index (χ0v) is 15.1. The van der Waals surface area contributed by atoms with Crippen molar-refractivity contribution >= 4 is 5.91 Å². The Bertz CT molecular complexity index is 936. The van der Waals surface area contributed by atoms with Crippen LogP contribution in [0.5, 0.6) is 0 Å². The summed E-state index contributed by atoms with van der Waals surface area (Å²) >= 11 is 0. The van der Waals surface area contributed by atoms with E-state index in [1.54, 1.807) is 0 Å². The van der Waals surface area contributed by atoms with Crippen molar-refractivity contribution in [3.8, 4) is 11.3 Å². The van der Waals surface area contributed by atoms with E-state index in [-0.39, 0.29) is 36.1 Å². The summed E-state index contributed by atoms with van der Waals surface area (Å²) in [6, 6.07) is 11.1. The minimum Gasteiger partial charge on any atom is -0.441 e. The molecule has 1 amide bonds. The van der Waals surface area contributed by atoms with Gasteiger partial charge < -0.3 is 9.73 Å². The molecular weight excluding hydrogens is 350 g/mol. The number of aryl methyl sites for hydroxylation is 2. The molecule has 1 atom stereocenters. The maximum atomic E-state index is 13.8. The van der Waals surface area contributed by atoms with Gasteiger partial charge in [-0.2, -0.15) is 0 Å². The molecule has 3 rings (SSSR count). The molecule has 0 aliphatic carbocycles. The first-order chi connectivity index (χ1) is 12.9. The molecule has 0 radical (unpaired) electrons. The summed E-state index contributed by atoms with van der Waals surface area (Å²) in [5.74, 6) is -0.976. The minimum absolute atomic E-state index is 0.105. The highest BCUT2D eigenvalue weighted by Gasteiger charge is 2.14. The first kappa shape index (κ1) is 18.8. The molecule has 1 N–H and O–H groups in total. The number of nitrogens with one attached hydrogen (secondary N) is 1. The van der Waals surface area contributed by atoms with Gasteiger partial charge in [0, 0.05) is 18.9 Å². The molecule has 0 bridgehead atoms.